The Morgan fingerprint density at radius 1 is 1.55 bits per heavy atom. The van der Waals surface area contributed by atoms with Crippen molar-refractivity contribution in [1.29, 1.82) is 0 Å². The van der Waals surface area contributed by atoms with Crippen molar-refractivity contribution in [3.63, 3.8) is 0 Å². The first-order chi connectivity index (χ1) is 4.57. The number of nitrogens with two attached hydrogens (primary N) is 1. The Bertz CT molecular complexity index is 147. The van der Waals surface area contributed by atoms with Gasteiger partial charge in [0, 0.05) is 0 Å². The molecule has 0 saturated heterocycles. The molecule has 7 nitrogen and oxygen atoms in total. The lowest BCUT2D eigenvalue weighted by molar-refractivity contribution is -0.144. The van der Waals surface area contributed by atoms with E-state index in [1.165, 1.54) is 5.48 Å². The fraction of sp³-hybridized carbons (Fsp3) is 0.500. The van der Waals surface area contributed by atoms with Crippen LogP contribution in [0.1, 0.15) is 6.42 Å². The standard InChI is InChI=1S/C4H8N2O4.H2O/c5-3(7)1-2(6-10)4(8)9;/h2,6,10H,1H2,(H2,5,7)(H,8,9);1H2. The number of carbonyl (C=O) groups is 2. The van der Waals surface area contributed by atoms with Crippen LogP contribution in [0.3, 0.4) is 0 Å². The van der Waals surface area contributed by atoms with E-state index in [1.807, 2.05) is 0 Å². The van der Waals surface area contributed by atoms with Crippen LogP contribution in [0.25, 0.3) is 0 Å². The first-order valence-electron chi connectivity index (χ1n) is 2.48. The molecule has 7 N–H and O–H groups in total. The summed E-state index contributed by atoms with van der Waals surface area (Å²) in [7, 11) is 0. The average Bonchev–Trinajstić information content (AvgIpc) is 1.81. The van der Waals surface area contributed by atoms with Gasteiger partial charge in [0.1, 0.15) is 6.04 Å². The highest BCUT2D eigenvalue weighted by Crippen LogP contribution is 1.88. The molecule has 1 amide bonds. The van der Waals surface area contributed by atoms with Crippen molar-refractivity contribution in [3.05, 3.63) is 0 Å². The first-order valence-corrected chi connectivity index (χ1v) is 2.48. The van der Waals surface area contributed by atoms with Gasteiger partial charge in [-0.1, -0.05) is 0 Å². The lowest BCUT2D eigenvalue weighted by atomic mass is 10.2. The predicted molar refractivity (Wildman–Crippen MR) is 33.8 cm³/mol. The van der Waals surface area contributed by atoms with E-state index in [0.717, 1.165) is 0 Å². The summed E-state index contributed by atoms with van der Waals surface area (Å²) in [5, 5.41) is 16.3. The van der Waals surface area contributed by atoms with Gasteiger partial charge in [0.05, 0.1) is 6.42 Å². The molecule has 0 aliphatic carbocycles. The molecule has 0 radical (unpaired) electrons. The van der Waals surface area contributed by atoms with Crippen LogP contribution in [0.2, 0.25) is 0 Å². The molecular weight excluding hydrogens is 156 g/mol. The second-order valence-electron chi connectivity index (χ2n) is 1.69. The third-order valence-electron chi connectivity index (χ3n) is 0.859. The van der Waals surface area contributed by atoms with E-state index >= 15 is 0 Å². The van der Waals surface area contributed by atoms with Crippen LogP contribution in [0.4, 0.5) is 0 Å². The van der Waals surface area contributed by atoms with Gasteiger partial charge in [-0.3, -0.25) is 9.59 Å². The van der Waals surface area contributed by atoms with E-state index in [9.17, 15) is 9.59 Å². The number of aliphatic carboxylic acids is 1. The molecule has 0 aromatic carbocycles. The van der Waals surface area contributed by atoms with Crippen molar-refractivity contribution in [1.82, 2.24) is 5.48 Å². The summed E-state index contributed by atoms with van der Waals surface area (Å²) in [5.74, 6) is -2.10. The molecule has 66 valence electrons. The van der Waals surface area contributed by atoms with Gasteiger partial charge in [-0.15, -0.1) is 0 Å². The van der Waals surface area contributed by atoms with Crippen LogP contribution < -0.4 is 11.2 Å². The predicted octanol–water partition coefficient (Wildman–Crippen LogP) is -2.53. The zero-order chi connectivity index (χ0) is 8.15. The third kappa shape index (κ3) is 5.27. The number of hydrogen-bond donors (Lipinski definition) is 4. The summed E-state index contributed by atoms with van der Waals surface area (Å²) in [6, 6.07) is -1.31. The number of rotatable bonds is 4. The lowest BCUT2D eigenvalue weighted by Crippen LogP contribution is -2.37. The van der Waals surface area contributed by atoms with E-state index in [4.69, 9.17) is 10.3 Å². The minimum Gasteiger partial charge on any atom is -0.480 e. The zero-order valence-corrected chi connectivity index (χ0v) is 5.57. The highest BCUT2D eigenvalue weighted by molar-refractivity contribution is 5.83. The summed E-state index contributed by atoms with van der Waals surface area (Å²) in [6.07, 6.45) is -0.425. The second kappa shape index (κ2) is 5.59. The van der Waals surface area contributed by atoms with Crippen molar-refractivity contribution in [2.24, 2.45) is 5.73 Å². The summed E-state index contributed by atoms with van der Waals surface area (Å²) >= 11 is 0. The zero-order valence-electron chi connectivity index (χ0n) is 5.57. The highest BCUT2D eigenvalue weighted by Gasteiger charge is 2.17. The number of amides is 1. The van der Waals surface area contributed by atoms with Crippen LogP contribution in [-0.4, -0.2) is 33.7 Å². The largest absolute Gasteiger partial charge is 0.480 e. The molecule has 0 bridgehead atoms. The van der Waals surface area contributed by atoms with E-state index in [0.29, 0.717) is 0 Å². The van der Waals surface area contributed by atoms with Crippen LogP contribution in [0.5, 0.6) is 0 Å². The number of nitrogens with one attached hydrogen (secondary N) is 1. The molecule has 0 heterocycles. The molecule has 1 atom stereocenters. The van der Waals surface area contributed by atoms with Crippen molar-refractivity contribution < 1.29 is 25.4 Å². The van der Waals surface area contributed by atoms with Crippen LogP contribution >= 0.6 is 0 Å². The number of carboxylic acid groups (broad SMARTS) is 1. The van der Waals surface area contributed by atoms with E-state index in [2.05, 4.69) is 5.73 Å². The monoisotopic (exact) mass is 166 g/mol. The number of primary amides is 1. The highest BCUT2D eigenvalue weighted by atomic mass is 16.5. The fourth-order valence-electron chi connectivity index (χ4n) is 0.389. The van der Waals surface area contributed by atoms with Crippen LogP contribution in [0.15, 0.2) is 0 Å². The molecule has 1 unspecified atom stereocenters. The lowest BCUT2D eigenvalue weighted by Gasteiger charge is -2.05. The molecule has 0 saturated carbocycles. The molecule has 0 aromatic heterocycles. The van der Waals surface area contributed by atoms with Gasteiger partial charge >= 0.3 is 5.97 Å². The summed E-state index contributed by atoms with van der Waals surface area (Å²) < 4.78 is 0. The van der Waals surface area contributed by atoms with Crippen LogP contribution in [-0.2, 0) is 9.59 Å². The molecule has 7 heteroatoms. The molecule has 0 rings (SSSR count). The minimum absolute atomic E-state index is 0. The maximum absolute atomic E-state index is 10.1. The fourth-order valence-corrected chi connectivity index (χ4v) is 0.389. The van der Waals surface area contributed by atoms with E-state index in [1.54, 1.807) is 0 Å². The van der Waals surface area contributed by atoms with Gasteiger partial charge in [-0.05, 0) is 0 Å². The smallest absolute Gasteiger partial charge is 0.323 e. The van der Waals surface area contributed by atoms with Crippen molar-refractivity contribution >= 4 is 11.9 Å². The maximum Gasteiger partial charge on any atom is 0.323 e. The van der Waals surface area contributed by atoms with E-state index < -0.39 is 24.3 Å². The van der Waals surface area contributed by atoms with Gasteiger partial charge in [0.25, 0.3) is 0 Å². The number of carboxylic acids is 1. The third-order valence-corrected chi connectivity index (χ3v) is 0.859. The second-order valence-corrected chi connectivity index (χ2v) is 1.69. The molecular formula is C4H10N2O5. The topological polar surface area (TPSA) is 144 Å². The van der Waals surface area contributed by atoms with Crippen LogP contribution in [0, 0.1) is 0 Å². The number of carbonyl (C=O) groups excluding carboxylic acids is 1. The summed E-state index contributed by atoms with van der Waals surface area (Å²) in [5.41, 5.74) is 6.09. The van der Waals surface area contributed by atoms with Gasteiger partial charge in [0.2, 0.25) is 5.91 Å². The SMILES string of the molecule is NC(=O)CC(NO)C(=O)O.O. The Labute approximate surface area is 62.1 Å². The van der Waals surface area contributed by atoms with Crippen molar-refractivity contribution in [2.75, 3.05) is 0 Å². The van der Waals surface area contributed by atoms with Gasteiger partial charge in [0.15, 0.2) is 0 Å². The summed E-state index contributed by atoms with van der Waals surface area (Å²) in [4.78, 5) is 20.1. The van der Waals surface area contributed by atoms with Gasteiger partial charge in [-0.2, -0.15) is 5.48 Å². The Morgan fingerprint density at radius 2 is 2.00 bits per heavy atom. The van der Waals surface area contributed by atoms with Crippen molar-refractivity contribution in [2.45, 2.75) is 12.5 Å². The number of hydrogen-bond acceptors (Lipinski definition) is 4. The maximum atomic E-state index is 10.1. The molecule has 0 aliphatic rings. The Hall–Kier alpha value is -1.18. The first kappa shape index (κ1) is 12.5. The molecule has 0 spiro atoms. The molecule has 11 heavy (non-hydrogen) atoms. The molecule has 0 aromatic rings. The molecule has 0 aliphatic heterocycles. The normalized spacial score (nSPS) is 11.4. The van der Waals surface area contributed by atoms with E-state index in [-0.39, 0.29) is 5.48 Å². The summed E-state index contributed by atoms with van der Waals surface area (Å²) in [6.45, 7) is 0. The average molecular weight is 166 g/mol. The molecule has 0 fully saturated rings. The van der Waals surface area contributed by atoms with Gasteiger partial charge in [-0.25, -0.2) is 0 Å². The minimum atomic E-state index is -1.32. The van der Waals surface area contributed by atoms with Crippen molar-refractivity contribution in [3.8, 4) is 0 Å². The quantitative estimate of drug-likeness (QED) is 0.340. The Kier molecular flexibility index (Phi) is 6.35. The Balaban J connectivity index is 0. The Morgan fingerprint density at radius 3 is 2.09 bits per heavy atom. The van der Waals surface area contributed by atoms with Gasteiger partial charge < -0.3 is 21.5 Å². The number of hydroxylamine groups is 1.